The molecule has 1 heterocycles. The molecule has 0 saturated heterocycles. The summed E-state index contributed by atoms with van der Waals surface area (Å²) in [7, 11) is 2.02. The summed E-state index contributed by atoms with van der Waals surface area (Å²) >= 11 is 6.12. The highest BCUT2D eigenvalue weighted by Gasteiger charge is 2.14. The largest absolute Gasteiger partial charge is 0.347 e. The van der Waals surface area contributed by atoms with Crippen molar-refractivity contribution in [1.29, 1.82) is 5.26 Å². The van der Waals surface area contributed by atoms with Crippen molar-refractivity contribution >= 4 is 22.5 Å². The molecular formula is C13H13ClN2. The van der Waals surface area contributed by atoms with Crippen molar-refractivity contribution in [1.82, 2.24) is 4.57 Å². The van der Waals surface area contributed by atoms with Crippen molar-refractivity contribution in [3.05, 3.63) is 34.0 Å². The normalized spacial score (nSPS) is 10.7. The lowest BCUT2D eigenvalue weighted by Crippen LogP contribution is -1.93. The smallest absolute Gasteiger partial charge is 0.0670 e. The molecule has 0 saturated carbocycles. The summed E-state index contributed by atoms with van der Waals surface area (Å²) in [6.07, 6.45) is 0.449. The van der Waals surface area contributed by atoms with Crippen molar-refractivity contribution in [3.8, 4) is 6.07 Å². The lowest BCUT2D eigenvalue weighted by Gasteiger charge is -2.03. The van der Waals surface area contributed by atoms with Crippen LogP contribution in [-0.4, -0.2) is 4.57 Å². The second kappa shape index (κ2) is 3.84. The Labute approximate surface area is 100 Å². The van der Waals surface area contributed by atoms with E-state index in [1.165, 1.54) is 0 Å². The summed E-state index contributed by atoms with van der Waals surface area (Å²) in [6.45, 7) is 4.06. The van der Waals surface area contributed by atoms with Crippen molar-refractivity contribution in [2.24, 2.45) is 7.05 Å². The van der Waals surface area contributed by atoms with E-state index in [1.54, 1.807) is 0 Å². The maximum atomic E-state index is 8.85. The summed E-state index contributed by atoms with van der Waals surface area (Å²) in [4.78, 5) is 0. The van der Waals surface area contributed by atoms with E-state index in [0.717, 1.165) is 32.7 Å². The molecule has 0 aliphatic rings. The average molecular weight is 233 g/mol. The molecule has 0 bridgehead atoms. The standard InChI is InChI=1S/C13H13ClN2/c1-8-12(14)5-4-11-10(6-7-15)9(2)16(3)13(8)11/h4-5H,6H2,1-3H3. The van der Waals surface area contributed by atoms with Gasteiger partial charge in [0.05, 0.1) is 18.0 Å². The zero-order valence-corrected chi connectivity index (χ0v) is 10.4. The molecule has 0 N–H and O–H groups in total. The number of fused-ring (bicyclic) bond motifs is 1. The molecule has 1 aromatic carbocycles. The van der Waals surface area contributed by atoms with Gasteiger partial charge in [-0.1, -0.05) is 17.7 Å². The number of rotatable bonds is 1. The molecule has 1 aromatic heterocycles. The molecule has 0 spiro atoms. The monoisotopic (exact) mass is 232 g/mol. The summed E-state index contributed by atoms with van der Waals surface area (Å²) < 4.78 is 2.11. The van der Waals surface area contributed by atoms with Crippen molar-refractivity contribution in [3.63, 3.8) is 0 Å². The van der Waals surface area contributed by atoms with E-state index < -0.39 is 0 Å². The zero-order chi connectivity index (χ0) is 11.9. The fraction of sp³-hybridized carbons (Fsp3) is 0.308. The Morgan fingerprint density at radius 2 is 2.06 bits per heavy atom. The van der Waals surface area contributed by atoms with Gasteiger partial charge in [-0.3, -0.25) is 0 Å². The Morgan fingerprint density at radius 3 is 2.69 bits per heavy atom. The van der Waals surface area contributed by atoms with E-state index in [4.69, 9.17) is 16.9 Å². The number of aryl methyl sites for hydroxylation is 2. The number of aromatic nitrogens is 1. The van der Waals surface area contributed by atoms with Crippen LogP contribution >= 0.6 is 11.6 Å². The molecule has 82 valence electrons. The van der Waals surface area contributed by atoms with Gasteiger partial charge in [-0.25, -0.2) is 0 Å². The first-order valence-electron chi connectivity index (χ1n) is 5.17. The number of hydrogen-bond donors (Lipinski definition) is 0. The van der Waals surface area contributed by atoms with Crippen LogP contribution in [0, 0.1) is 25.2 Å². The number of halogens is 1. The second-order valence-corrected chi connectivity index (χ2v) is 4.43. The molecule has 0 atom stereocenters. The van der Waals surface area contributed by atoms with Crippen LogP contribution < -0.4 is 0 Å². The van der Waals surface area contributed by atoms with Crippen LogP contribution in [0.4, 0.5) is 0 Å². The van der Waals surface area contributed by atoms with Gasteiger partial charge < -0.3 is 4.57 Å². The molecule has 0 unspecified atom stereocenters. The van der Waals surface area contributed by atoms with Crippen LogP contribution in [0.15, 0.2) is 12.1 Å². The van der Waals surface area contributed by atoms with Gasteiger partial charge in [-0.15, -0.1) is 0 Å². The minimum atomic E-state index is 0.449. The SMILES string of the molecule is Cc1c(Cl)ccc2c(CC#N)c(C)n(C)c12. The lowest BCUT2D eigenvalue weighted by atomic mass is 10.1. The number of hydrogen-bond acceptors (Lipinski definition) is 1. The van der Waals surface area contributed by atoms with Gasteiger partial charge in [0, 0.05) is 23.2 Å². The van der Waals surface area contributed by atoms with E-state index in [0.29, 0.717) is 6.42 Å². The van der Waals surface area contributed by atoms with Gasteiger partial charge in [0.2, 0.25) is 0 Å². The minimum absolute atomic E-state index is 0.449. The maximum absolute atomic E-state index is 8.85. The Balaban J connectivity index is 2.91. The Kier molecular flexibility index (Phi) is 2.65. The van der Waals surface area contributed by atoms with Crippen molar-refractivity contribution < 1.29 is 0 Å². The van der Waals surface area contributed by atoms with Crippen LogP contribution in [0.5, 0.6) is 0 Å². The zero-order valence-electron chi connectivity index (χ0n) is 9.63. The summed E-state index contributed by atoms with van der Waals surface area (Å²) in [6, 6.07) is 6.12. The van der Waals surface area contributed by atoms with Crippen molar-refractivity contribution in [2.75, 3.05) is 0 Å². The van der Waals surface area contributed by atoms with Gasteiger partial charge in [0.15, 0.2) is 0 Å². The van der Waals surface area contributed by atoms with E-state index in [9.17, 15) is 0 Å². The van der Waals surface area contributed by atoms with E-state index in [-0.39, 0.29) is 0 Å². The van der Waals surface area contributed by atoms with Crippen molar-refractivity contribution in [2.45, 2.75) is 20.3 Å². The highest BCUT2D eigenvalue weighted by atomic mass is 35.5. The highest BCUT2D eigenvalue weighted by molar-refractivity contribution is 6.32. The molecule has 16 heavy (non-hydrogen) atoms. The molecular weight excluding hydrogens is 220 g/mol. The van der Waals surface area contributed by atoms with E-state index in [2.05, 4.69) is 10.6 Å². The van der Waals surface area contributed by atoms with Crippen LogP contribution in [0.1, 0.15) is 16.8 Å². The summed E-state index contributed by atoms with van der Waals surface area (Å²) in [5, 5.41) is 10.8. The van der Waals surface area contributed by atoms with Crippen LogP contribution in [0.25, 0.3) is 10.9 Å². The predicted molar refractivity (Wildman–Crippen MR) is 66.7 cm³/mol. The van der Waals surface area contributed by atoms with E-state index >= 15 is 0 Å². The first kappa shape index (κ1) is 11.0. The molecule has 0 amide bonds. The molecule has 2 rings (SSSR count). The first-order valence-corrected chi connectivity index (χ1v) is 5.55. The molecule has 2 nitrogen and oxygen atoms in total. The van der Waals surface area contributed by atoms with Gasteiger partial charge in [0.1, 0.15) is 0 Å². The Hall–Kier alpha value is -1.46. The van der Waals surface area contributed by atoms with Crippen LogP contribution in [0.3, 0.4) is 0 Å². The quantitative estimate of drug-likeness (QED) is 0.740. The predicted octanol–water partition coefficient (Wildman–Crippen LogP) is 3.51. The third-order valence-electron chi connectivity index (χ3n) is 3.22. The molecule has 3 heteroatoms. The molecule has 0 fully saturated rings. The van der Waals surface area contributed by atoms with Crippen LogP contribution in [0.2, 0.25) is 5.02 Å². The Morgan fingerprint density at radius 1 is 1.38 bits per heavy atom. The summed E-state index contributed by atoms with van der Waals surface area (Å²) in [5.41, 5.74) is 4.46. The third kappa shape index (κ3) is 1.40. The maximum Gasteiger partial charge on any atom is 0.0670 e. The fourth-order valence-corrected chi connectivity index (χ4v) is 2.37. The summed E-state index contributed by atoms with van der Waals surface area (Å²) in [5.74, 6) is 0. The highest BCUT2D eigenvalue weighted by Crippen LogP contribution is 2.31. The molecule has 0 aliphatic carbocycles. The van der Waals surface area contributed by atoms with Gasteiger partial charge in [-0.05, 0) is 31.0 Å². The fourth-order valence-electron chi connectivity index (χ4n) is 2.22. The molecule has 0 aliphatic heterocycles. The average Bonchev–Trinajstić information content (AvgIpc) is 2.50. The van der Waals surface area contributed by atoms with Gasteiger partial charge in [-0.2, -0.15) is 5.26 Å². The first-order chi connectivity index (χ1) is 7.57. The number of nitrogens with zero attached hydrogens (tertiary/aromatic N) is 2. The minimum Gasteiger partial charge on any atom is -0.347 e. The Bertz CT molecular complexity index is 603. The van der Waals surface area contributed by atoms with Gasteiger partial charge >= 0.3 is 0 Å². The second-order valence-electron chi connectivity index (χ2n) is 4.03. The molecule has 2 aromatic rings. The van der Waals surface area contributed by atoms with E-state index in [1.807, 2.05) is 33.0 Å². The molecule has 0 radical (unpaired) electrons. The number of nitriles is 1. The third-order valence-corrected chi connectivity index (χ3v) is 3.63. The lowest BCUT2D eigenvalue weighted by molar-refractivity contribution is 0.902. The topological polar surface area (TPSA) is 28.7 Å². The number of benzene rings is 1. The van der Waals surface area contributed by atoms with Crippen LogP contribution in [-0.2, 0) is 13.5 Å². The van der Waals surface area contributed by atoms with Gasteiger partial charge in [0.25, 0.3) is 0 Å².